The van der Waals surface area contributed by atoms with E-state index in [1.54, 1.807) is 18.3 Å². The Morgan fingerprint density at radius 3 is 2.67 bits per heavy atom. The molecule has 1 aliphatic heterocycles. The van der Waals surface area contributed by atoms with Crippen molar-refractivity contribution in [3.63, 3.8) is 0 Å². The molecular formula is C26H28N6O. The van der Waals surface area contributed by atoms with Crippen molar-refractivity contribution in [1.29, 1.82) is 0 Å². The summed E-state index contributed by atoms with van der Waals surface area (Å²) in [6.45, 7) is 3.97. The van der Waals surface area contributed by atoms with Crippen molar-refractivity contribution < 1.29 is 4.79 Å². The number of nitrogens with zero attached hydrogens (tertiary/aromatic N) is 3. The zero-order valence-corrected chi connectivity index (χ0v) is 18.5. The summed E-state index contributed by atoms with van der Waals surface area (Å²) < 4.78 is 0. The van der Waals surface area contributed by atoms with E-state index in [0.717, 1.165) is 43.1 Å². The zero-order valence-electron chi connectivity index (χ0n) is 18.5. The van der Waals surface area contributed by atoms with E-state index in [2.05, 4.69) is 55.5 Å². The molecule has 0 unspecified atom stereocenters. The number of aromatic amines is 1. The zero-order chi connectivity index (χ0) is 22.6. The highest BCUT2D eigenvalue weighted by Gasteiger charge is 2.20. The monoisotopic (exact) mass is 440 g/mol. The molecule has 1 fully saturated rings. The summed E-state index contributed by atoms with van der Waals surface area (Å²) in [6.07, 6.45) is 4.16. The summed E-state index contributed by atoms with van der Waals surface area (Å²) in [4.78, 5) is 26.8. The van der Waals surface area contributed by atoms with Gasteiger partial charge < -0.3 is 20.9 Å². The molecule has 0 aliphatic carbocycles. The van der Waals surface area contributed by atoms with Crippen LogP contribution in [-0.4, -0.2) is 51.9 Å². The topological polar surface area (TPSA) is 99.9 Å². The highest BCUT2D eigenvalue weighted by atomic mass is 16.1. The molecule has 1 saturated heterocycles. The number of carbonyl (C=O) groups is 1. The number of imidazole rings is 1. The van der Waals surface area contributed by atoms with Gasteiger partial charge in [0.05, 0.1) is 16.6 Å². The van der Waals surface area contributed by atoms with Gasteiger partial charge in [-0.05, 0) is 61.7 Å². The maximum Gasteiger partial charge on any atom is 0.250 e. The molecule has 168 valence electrons. The number of rotatable bonds is 7. The molecule has 0 saturated carbocycles. The molecule has 3 heterocycles. The number of primary amides is 1. The molecule has 0 atom stereocenters. The van der Waals surface area contributed by atoms with Crippen molar-refractivity contribution in [2.24, 2.45) is 5.73 Å². The average molecular weight is 441 g/mol. The molecular weight excluding hydrogens is 412 g/mol. The van der Waals surface area contributed by atoms with E-state index in [-0.39, 0.29) is 0 Å². The lowest BCUT2D eigenvalue weighted by atomic mass is 9.89. The molecule has 1 amide bonds. The second kappa shape index (κ2) is 9.42. The Bertz CT molecular complexity index is 1240. The number of nitrogens with one attached hydrogen (secondary N) is 2. The van der Waals surface area contributed by atoms with Crippen LogP contribution in [0.4, 0.5) is 5.82 Å². The predicted octanol–water partition coefficient (Wildman–Crippen LogP) is 4.02. The van der Waals surface area contributed by atoms with Crippen molar-refractivity contribution >= 4 is 22.8 Å². The van der Waals surface area contributed by atoms with E-state index in [1.165, 1.54) is 18.4 Å². The lowest BCUT2D eigenvalue weighted by Gasteiger charge is -2.32. The number of carbonyl (C=O) groups excluding carboxylic acids is 1. The summed E-state index contributed by atoms with van der Waals surface area (Å²) >= 11 is 0. The molecule has 4 aromatic rings. The lowest BCUT2D eigenvalue weighted by molar-refractivity contribution is 0.100. The summed E-state index contributed by atoms with van der Waals surface area (Å²) in [5, 5.41) is 3.48. The van der Waals surface area contributed by atoms with Gasteiger partial charge in [-0.2, -0.15) is 0 Å². The number of nitrogens with two attached hydrogens (primary N) is 1. The van der Waals surface area contributed by atoms with Crippen molar-refractivity contribution in [2.75, 3.05) is 31.5 Å². The SMILES string of the molecule is NC(=O)c1cccc2[nH]c(-c3cccnc3NCCN3CCC(c4ccccc4)CC3)nc12. The van der Waals surface area contributed by atoms with E-state index < -0.39 is 5.91 Å². The van der Waals surface area contributed by atoms with E-state index in [1.807, 2.05) is 18.2 Å². The number of benzene rings is 2. The minimum Gasteiger partial charge on any atom is -0.368 e. The first kappa shape index (κ1) is 21.2. The molecule has 4 N–H and O–H groups in total. The quantitative estimate of drug-likeness (QED) is 0.403. The minimum atomic E-state index is -0.487. The van der Waals surface area contributed by atoms with Crippen molar-refractivity contribution in [3.8, 4) is 11.4 Å². The standard InChI is InChI=1S/C26H28N6O/c27-24(33)20-8-4-10-22-23(20)31-26(30-22)21-9-5-13-28-25(21)29-14-17-32-15-11-19(12-16-32)18-6-2-1-3-7-18/h1-10,13,19H,11-12,14-17H2,(H2,27,33)(H,28,29)(H,30,31). The van der Waals surface area contributed by atoms with E-state index in [9.17, 15) is 4.79 Å². The lowest BCUT2D eigenvalue weighted by Crippen LogP contribution is -2.36. The summed E-state index contributed by atoms with van der Waals surface area (Å²) in [6, 6.07) is 20.1. The predicted molar refractivity (Wildman–Crippen MR) is 131 cm³/mol. The third-order valence-electron chi connectivity index (χ3n) is 6.42. The van der Waals surface area contributed by atoms with Crippen LogP contribution in [0.25, 0.3) is 22.4 Å². The fraction of sp³-hybridized carbons (Fsp3) is 0.269. The highest BCUT2D eigenvalue weighted by Crippen LogP contribution is 2.29. The van der Waals surface area contributed by atoms with Gasteiger partial charge in [0.2, 0.25) is 0 Å². The third-order valence-corrected chi connectivity index (χ3v) is 6.42. The highest BCUT2D eigenvalue weighted by molar-refractivity contribution is 6.04. The Morgan fingerprint density at radius 2 is 1.88 bits per heavy atom. The molecule has 1 aliphatic rings. The second-order valence-electron chi connectivity index (χ2n) is 8.50. The molecule has 5 rings (SSSR count). The molecule has 0 radical (unpaired) electrons. The molecule has 33 heavy (non-hydrogen) atoms. The number of amides is 1. The fourth-order valence-electron chi connectivity index (χ4n) is 4.64. The first-order valence-electron chi connectivity index (χ1n) is 11.4. The third kappa shape index (κ3) is 4.59. The van der Waals surface area contributed by atoms with Gasteiger partial charge in [0, 0.05) is 19.3 Å². The number of H-pyrrole nitrogens is 1. The normalized spacial score (nSPS) is 15.0. The number of fused-ring (bicyclic) bond motifs is 1. The van der Waals surface area contributed by atoms with Gasteiger partial charge in [-0.3, -0.25) is 4.79 Å². The van der Waals surface area contributed by atoms with Crippen LogP contribution >= 0.6 is 0 Å². The molecule has 7 nitrogen and oxygen atoms in total. The maximum atomic E-state index is 11.8. The number of likely N-dealkylation sites (tertiary alicyclic amines) is 1. The smallest absolute Gasteiger partial charge is 0.250 e. The van der Waals surface area contributed by atoms with Crippen molar-refractivity contribution in [2.45, 2.75) is 18.8 Å². The molecule has 0 spiro atoms. The Kier molecular flexibility index (Phi) is 6.04. The van der Waals surface area contributed by atoms with Gasteiger partial charge >= 0.3 is 0 Å². The molecule has 2 aromatic heterocycles. The Hall–Kier alpha value is -3.71. The number of anilines is 1. The number of aromatic nitrogens is 3. The van der Waals surface area contributed by atoms with Crippen LogP contribution in [0.2, 0.25) is 0 Å². The van der Waals surface area contributed by atoms with Crippen LogP contribution in [-0.2, 0) is 0 Å². The second-order valence-corrected chi connectivity index (χ2v) is 8.50. The maximum absolute atomic E-state index is 11.8. The van der Waals surface area contributed by atoms with Gasteiger partial charge in [-0.25, -0.2) is 9.97 Å². The number of pyridine rings is 1. The van der Waals surface area contributed by atoms with E-state index in [4.69, 9.17) is 5.73 Å². The van der Waals surface area contributed by atoms with Gasteiger partial charge in [-0.15, -0.1) is 0 Å². The van der Waals surface area contributed by atoms with Gasteiger partial charge in [0.1, 0.15) is 17.2 Å². The average Bonchev–Trinajstić information content (AvgIpc) is 3.29. The van der Waals surface area contributed by atoms with Gasteiger partial charge in [-0.1, -0.05) is 36.4 Å². The van der Waals surface area contributed by atoms with Gasteiger partial charge in [0.15, 0.2) is 0 Å². The van der Waals surface area contributed by atoms with E-state index >= 15 is 0 Å². The van der Waals surface area contributed by atoms with Crippen LogP contribution in [0.15, 0.2) is 66.9 Å². The van der Waals surface area contributed by atoms with E-state index in [0.29, 0.717) is 22.8 Å². The summed E-state index contributed by atoms with van der Waals surface area (Å²) in [7, 11) is 0. The van der Waals surface area contributed by atoms with Crippen molar-refractivity contribution in [1.82, 2.24) is 19.9 Å². The molecule has 0 bridgehead atoms. The van der Waals surface area contributed by atoms with Crippen LogP contribution in [0.3, 0.4) is 0 Å². The number of hydrogen-bond acceptors (Lipinski definition) is 5. The van der Waals surface area contributed by atoms with Crippen LogP contribution in [0.5, 0.6) is 0 Å². The molecule has 7 heteroatoms. The largest absolute Gasteiger partial charge is 0.368 e. The Balaban J connectivity index is 1.23. The van der Waals surface area contributed by atoms with Crippen LogP contribution < -0.4 is 11.1 Å². The number of para-hydroxylation sites is 1. The summed E-state index contributed by atoms with van der Waals surface area (Å²) in [5.41, 5.74) is 9.60. The van der Waals surface area contributed by atoms with Crippen LogP contribution in [0.1, 0.15) is 34.7 Å². The first-order valence-corrected chi connectivity index (χ1v) is 11.4. The number of piperidine rings is 1. The first-order chi connectivity index (χ1) is 16.2. The summed E-state index contributed by atoms with van der Waals surface area (Å²) in [5.74, 6) is 1.62. The van der Waals surface area contributed by atoms with Crippen LogP contribution in [0, 0.1) is 0 Å². The number of hydrogen-bond donors (Lipinski definition) is 3. The Morgan fingerprint density at radius 1 is 1.06 bits per heavy atom. The minimum absolute atomic E-state index is 0.410. The van der Waals surface area contributed by atoms with Crippen molar-refractivity contribution in [3.05, 3.63) is 78.0 Å². The fourth-order valence-corrected chi connectivity index (χ4v) is 4.64. The Labute approximate surface area is 193 Å². The van der Waals surface area contributed by atoms with Gasteiger partial charge in [0.25, 0.3) is 5.91 Å². The molecule has 2 aromatic carbocycles.